The van der Waals surface area contributed by atoms with Gasteiger partial charge in [0.2, 0.25) is 5.91 Å². The molecule has 0 saturated carbocycles. The number of aliphatic hydroxyl groups is 2. The average Bonchev–Trinajstić information content (AvgIpc) is 3.33. The summed E-state index contributed by atoms with van der Waals surface area (Å²) < 4.78 is 5.47. The van der Waals surface area contributed by atoms with E-state index < -0.39 is 12.1 Å². The molecule has 2 atom stereocenters. The van der Waals surface area contributed by atoms with E-state index >= 15 is 0 Å². The number of aliphatic hydroxyl groups excluding tert-OH is 2. The number of hydrogen-bond acceptors (Lipinski definition) is 5. The fourth-order valence-electron chi connectivity index (χ4n) is 9.34. The first-order chi connectivity index (χ1) is 33.0. The molecule has 396 valence electrons. The smallest absolute Gasteiger partial charge is 0.305 e. The van der Waals surface area contributed by atoms with Crippen LogP contribution in [0.25, 0.3) is 0 Å². The van der Waals surface area contributed by atoms with E-state index in [0.717, 1.165) is 44.9 Å². The number of unbranched alkanes of at least 4 members (excludes halogenated alkanes) is 43. The molecule has 0 heterocycles. The highest BCUT2D eigenvalue weighted by Crippen LogP contribution is 2.18. The van der Waals surface area contributed by atoms with Crippen LogP contribution in [0.15, 0.2) is 24.3 Å². The summed E-state index contributed by atoms with van der Waals surface area (Å²) in [5, 5.41) is 22.9. The lowest BCUT2D eigenvalue weighted by molar-refractivity contribution is -0.143. The van der Waals surface area contributed by atoms with Gasteiger partial charge in [0.15, 0.2) is 0 Å². The molecule has 0 aliphatic carbocycles. The lowest BCUT2D eigenvalue weighted by Crippen LogP contribution is -2.45. The minimum Gasteiger partial charge on any atom is -0.466 e. The van der Waals surface area contributed by atoms with Gasteiger partial charge in [-0.25, -0.2) is 0 Å². The molecule has 0 aromatic heterocycles. The quantitative estimate of drug-likeness (QED) is 0.0321. The summed E-state index contributed by atoms with van der Waals surface area (Å²) in [6, 6.07) is -0.622. The third-order valence-corrected chi connectivity index (χ3v) is 14.0. The predicted molar refractivity (Wildman–Crippen MR) is 292 cm³/mol. The van der Waals surface area contributed by atoms with E-state index in [1.807, 2.05) is 6.08 Å². The maximum Gasteiger partial charge on any atom is 0.305 e. The molecule has 0 bridgehead atoms. The number of carbonyl (C=O) groups is 2. The summed E-state index contributed by atoms with van der Waals surface area (Å²) in [5.41, 5.74) is 0. The van der Waals surface area contributed by atoms with Crippen molar-refractivity contribution in [3.63, 3.8) is 0 Å². The summed E-state index contributed by atoms with van der Waals surface area (Å²) in [6.45, 7) is 4.87. The molecule has 0 aliphatic rings. The van der Waals surface area contributed by atoms with E-state index in [0.29, 0.717) is 19.4 Å². The van der Waals surface area contributed by atoms with Crippen molar-refractivity contribution in [2.75, 3.05) is 13.2 Å². The Morgan fingerprint density at radius 2 is 0.701 bits per heavy atom. The predicted octanol–water partition coefficient (Wildman–Crippen LogP) is 18.6. The van der Waals surface area contributed by atoms with Crippen LogP contribution in [0, 0.1) is 0 Å². The van der Waals surface area contributed by atoms with Crippen LogP contribution < -0.4 is 5.32 Å². The molecule has 6 heteroatoms. The lowest BCUT2D eigenvalue weighted by atomic mass is 10.0. The van der Waals surface area contributed by atoms with Gasteiger partial charge in [0, 0.05) is 12.8 Å². The summed E-state index contributed by atoms with van der Waals surface area (Å²) in [6.07, 6.45) is 69.5. The highest BCUT2D eigenvalue weighted by molar-refractivity contribution is 5.76. The van der Waals surface area contributed by atoms with Crippen LogP contribution in [-0.4, -0.2) is 47.4 Å². The van der Waals surface area contributed by atoms with Crippen molar-refractivity contribution in [2.45, 2.75) is 341 Å². The fraction of sp³-hybridized carbons (Fsp3) is 0.902. The van der Waals surface area contributed by atoms with Crippen molar-refractivity contribution < 1.29 is 24.5 Å². The number of esters is 1. The Morgan fingerprint density at radius 3 is 1.07 bits per heavy atom. The first-order valence-electron chi connectivity index (χ1n) is 30.1. The molecule has 0 aliphatic heterocycles. The van der Waals surface area contributed by atoms with Crippen LogP contribution in [0.3, 0.4) is 0 Å². The van der Waals surface area contributed by atoms with Gasteiger partial charge in [0.1, 0.15) is 0 Å². The number of nitrogens with one attached hydrogen (secondary N) is 1. The molecule has 6 nitrogen and oxygen atoms in total. The van der Waals surface area contributed by atoms with Gasteiger partial charge in [-0.3, -0.25) is 9.59 Å². The van der Waals surface area contributed by atoms with Crippen molar-refractivity contribution in [3.8, 4) is 0 Å². The minimum absolute atomic E-state index is 0.00907. The number of hydrogen-bond donors (Lipinski definition) is 3. The molecule has 2 unspecified atom stereocenters. The van der Waals surface area contributed by atoms with Gasteiger partial charge in [-0.05, 0) is 57.8 Å². The summed E-state index contributed by atoms with van der Waals surface area (Å²) in [5.74, 6) is -0.0577. The molecule has 0 aromatic rings. The van der Waals surface area contributed by atoms with E-state index in [2.05, 4.69) is 31.3 Å². The molecule has 1 amide bonds. The van der Waals surface area contributed by atoms with Crippen molar-refractivity contribution in [1.29, 1.82) is 0 Å². The van der Waals surface area contributed by atoms with E-state index in [4.69, 9.17) is 4.74 Å². The average molecular weight is 945 g/mol. The highest BCUT2D eigenvalue weighted by atomic mass is 16.5. The van der Waals surface area contributed by atoms with Crippen molar-refractivity contribution in [2.24, 2.45) is 0 Å². The second kappa shape index (κ2) is 56.9. The van der Waals surface area contributed by atoms with Crippen LogP contribution in [0.1, 0.15) is 328 Å². The van der Waals surface area contributed by atoms with Crippen molar-refractivity contribution in [1.82, 2.24) is 5.32 Å². The molecule has 0 fully saturated rings. The van der Waals surface area contributed by atoms with Gasteiger partial charge in [-0.2, -0.15) is 0 Å². The monoisotopic (exact) mass is 944 g/mol. The Balaban J connectivity index is 3.32. The topological polar surface area (TPSA) is 95.9 Å². The Kier molecular flexibility index (Phi) is 55.5. The second-order valence-corrected chi connectivity index (χ2v) is 20.7. The van der Waals surface area contributed by atoms with Gasteiger partial charge in [0.25, 0.3) is 0 Å². The number of carbonyl (C=O) groups excluding carboxylic acids is 2. The van der Waals surface area contributed by atoms with Gasteiger partial charge >= 0.3 is 5.97 Å². The van der Waals surface area contributed by atoms with E-state index in [9.17, 15) is 19.8 Å². The zero-order valence-corrected chi connectivity index (χ0v) is 45.1. The first-order valence-corrected chi connectivity index (χ1v) is 30.1. The molecule has 3 N–H and O–H groups in total. The number of ether oxygens (including phenoxy) is 1. The molecule has 0 spiro atoms. The zero-order chi connectivity index (χ0) is 48.6. The standard InChI is InChI=1S/C61H117NO5/c1-3-5-7-9-11-13-14-31-35-39-43-47-51-55-61(66)67-56-52-48-44-40-36-33-30-28-26-24-22-20-18-16-15-17-19-21-23-25-27-29-32-34-38-42-46-50-54-60(65)62-58(57-63)59(64)53-49-45-41-37-12-10-8-6-4-2/h13-14,49,53,58-59,63-64H,3-12,15-48,50-52,54-57H2,1-2H3,(H,62,65)/b14-13-,53-49+. The van der Waals surface area contributed by atoms with Gasteiger partial charge in [0.05, 0.1) is 25.4 Å². The van der Waals surface area contributed by atoms with Crippen LogP contribution in [0.5, 0.6) is 0 Å². The molecular weight excluding hydrogens is 827 g/mol. The molecule has 67 heavy (non-hydrogen) atoms. The minimum atomic E-state index is -0.839. The van der Waals surface area contributed by atoms with Crippen LogP contribution >= 0.6 is 0 Å². The van der Waals surface area contributed by atoms with Crippen molar-refractivity contribution >= 4 is 11.9 Å². The Hall–Kier alpha value is -1.66. The van der Waals surface area contributed by atoms with E-state index in [-0.39, 0.29) is 18.5 Å². The van der Waals surface area contributed by atoms with E-state index in [1.54, 1.807) is 6.08 Å². The second-order valence-electron chi connectivity index (χ2n) is 20.7. The number of rotatable bonds is 56. The largest absolute Gasteiger partial charge is 0.466 e. The van der Waals surface area contributed by atoms with Crippen LogP contribution in [-0.2, 0) is 14.3 Å². The fourth-order valence-corrected chi connectivity index (χ4v) is 9.34. The van der Waals surface area contributed by atoms with Gasteiger partial charge in [-0.1, -0.05) is 282 Å². The first kappa shape index (κ1) is 65.3. The molecule has 0 aromatic carbocycles. The van der Waals surface area contributed by atoms with Crippen LogP contribution in [0.4, 0.5) is 0 Å². The van der Waals surface area contributed by atoms with Gasteiger partial charge in [-0.15, -0.1) is 0 Å². The Labute approximate surface area is 418 Å². The Bertz CT molecular complexity index is 1040. The number of amides is 1. The molecule has 0 rings (SSSR count). The van der Waals surface area contributed by atoms with Crippen LogP contribution in [0.2, 0.25) is 0 Å². The zero-order valence-electron chi connectivity index (χ0n) is 45.1. The molecule has 0 saturated heterocycles. The third kappa shape index (κ3) is 53.5. The number of allylic oxidation sites excluding steroid dienone is 3. The van der Waals surface area contributed by atoms with Gasteiger partial charge < -0.3 is 20.3 Å². The normalized spacial score (nSPS) is 12.7. The van der Waals surface area contributed by atoms with E-state index in [1.165, 1.54) is 257 Å². The SMILES string of the molecule is CCCCCC/C=C\CCCCCCCC(=O)OCCCCCCCCCCCCCCCCCCCCCCCCCCCCCCC(=O)NC(CO)C(O)/C=C/CCCCCCCCC. The summed E-state index contributed by atoms with van der Waals surface area (Å²) in [4.78, 5) is 24.4. The summed E-state index contributed by atoms with van der Waals surface area (Å²) >= 11 is 0. The highest BCUT2D eigenvalue weighted by Gasteiger charge is 2.18. The molecule has 0 radical (unpaired) electrons. The maximum atomic E-state index is 12.4. The lowest BCUT2D eigenvalue weighted by Gasteiger charge is -2.20. The maximum absolute atomic E-state index is 12.4. The summed E-state index contributed by atoms with van der Waals surface area (Å²) in [7, 11) is 0. The van der Waals surface area contributed by atoms with Crippen molar-refractivity contribution in [3.05, 3.63) is 24.3 Å². The molecular formula is C61H117NO5. The third-order valence-electron chi connectivity index (χ3n) is 14.0. The Morgan fingerprint density at radius 1 is 0.403 bits per heavy atom.